The summed E-state index contributed by atoms with van der Waals surface area (Å²) < 4.78 is 33.4. The lowest BCUT2D eigenvalue weighted by molar-refractivity contribution is 0.169. The molecule has 2 heterocycles. The van der Waals surface area contributed by atoms with Gasteiger partial charge < -0.3 is 4.42 Å². The van der Waals surface area contributed by atoms with E-state index in [4.69, 9.17) is 16.0 Å². The van der Waals surface area contributed by atoms with Crippen LogP contribution in [0.1, 0.15) is 29.5 Å². The molecule has 1 aromatic heterocycles. The van der Waals surface area contributed by atoms with Gasteiger partial charge in [-0.3, -0.25) is 4.90 Å². The van der Waals surface area contributed by atoms with Gasteiger partial charge in [-0.25, -0.2) is 17.9 Å². The Morgan fingerprint density at radius 1 is 1.16 bits per heavy atom. The van der Waals surface area contributed by atoms with Crippen molar-refractivity contribution >= 4 is 32.6 Å². The van der Waals surface area contributed by atoms with Gasteiger partial charge in [0.05, 0.1) is 4.90 Å². The molecule has 0 amide bonds. The van der Waals surface area contributed by atoms with Gasteiger partial charge in [-0.2, -0.15) is 0 Å². The Kier molecular flexibility index (Phi) is 6.72. The number of sulfonamides is 1. The number of nitrogens with zero attached hydrogens (tertiary/aromatic N) is 1. The molecule has 8 heteroatoms. The van der Waals surface area contributed by atoms with Crippen LogP contribution in [0.2, 0.25) is 5.02 Å². The molecule has 0 saturated carbocycles. The van der Waals surface area contributed by atoms with Gasteiger partial charge in [-0.05, 0) is 74.5 Å². The third-order valence-electron chi connectivity index (χ3n) is 6.00. The highest BCUT2D eigenvalue weighted by Crippen LogP contribution is 2.27. The smallest absolute Gasteiger partial charge is 0.336 e. The molecule has 1 N–H and O–H groups in total. The zero-order valence-electron chi connectivity index (χ0n) is 18.2. The van der Waals surface area contributed by atoms with Crippen molar-refractivity contribution in [2.75, 3.05) is 19.6 Å². The summed E-state index contributed by atoms with van der Waals surface area (Å²) in [4.78, 5) is 14.6. The highest BCUT2D eigenvalue weighted by molar-refractivity contribution is 7.89. The van der Waals surface area contributed by atoms with Crippen molar-refractivity contribution in [3.8, 4) is 0 Å². The predicted octanol–water partition coefficient (Wildman–Crippen LogP) is 4.25. The summed E-state index contributed by atoms with van der Waals surface area (Å²) in [6, 6.07) is 12.0. The van der Waals surface area contributed by atoms with Crippen LogP contribution in [0, 0.1) is 19.8 Å². The maximum Gasteiger partial charge on any atom is 0.336 e. The highest BCUT2D eigenvalue weighted by atomic mass is 35.5. The Bertz CT molecular complexity index is 1290. The molecule has 4 rings (SSSR count). The second-order valence-electron chi connectivity index (χ2n) is 8.60. The van der Waals surface area contributed by atoms with E-state index < -0.39 is 10.0 Å². The maximum atomic E-state index is 12.6. The molecule has 32 heavy (non-hydrogen) atoms. The van der Waals surface area contributed by atoms with E-state index in [1.807, 2.05) is 19.9 Å². The minimum Gasteiger partial charge on any atom is -0.423 e. The Hall–Kier alpha value is -2.19. The molecule has 3 aromatic rings. The zero-order chi connectivity index (χ0) is 22.9. The molecule has 0 bridgehead atoms. The van der Waals surface area contributed by atoms with E-state index in [0.29, 0.717) is 23.7 Å². The lowest BCUT2D eigenvalue weighted by atomic mass is 9.97. The second kappa shape index (κ2) is 9.35. The average molecular weight is 475 g/mol. The summed E-state index contributed by atoms with van der Waals surface area (Å²) >= 11 is 6.31. The lowest BCUT2D eigenvalue weighted by Crippen LogP contribution is -2.40. The first-order valence-corrected chi connectivity index (χ1v) is 12.6. The Balaban J connectivity index is 1.45. The summed E-state index contributed by atoms with van der Waals surface area (Å²) in [7, 11) is -3.53. The van der Waals surface area contributed by atoms with Gasteiger partial charge in [0.25, 0.3) is 0 Å². The van der Waals surface area contributed by atoms with Crippen molar-refractivity contribution in [3.05, 3.63) is 74.6 Å². The fraction of sp³-hybridized carbons (Fsp3) is 0.375. The van der Waals surface area contributed by atoms with Gasteiger partial charge in [-0.1, -0.05) is 29.3 Å². The topological polar surface area (TPSA) is 79.6 Å². The molecule has 6 nitrogen and oxygen atoms in total. The zero-order valence-corrected chi connectivity index (χ0v) is 19.8. The van der Waals surface area contributed by atoms with Crippen LogP contribution >= 0.6 is 11.6 Å². The molecule has 1 atom stereocenters. The molecule has 1 saturated heterocycles. The predicted molar refractivity (Wildman–Crippen MR) is 127 cm³/mol. The number of hydrogen-bond acceptors (Lipinski definition) is 5. The first-order valence-electron chi connectivity index (χ1n) is 10.7. The van der Waals surface area contributed by atoms with E-state index in [-0.39, 0.29) is 16.4 Å². The molecule has 0 spiro atoms. The summed E-state index contributed by atoms with van der Waals surface area (Å²) in [5, 5.41) is 1.47. The molecule has 1 fully saturated rings. The normalized spacial score (nSPS) is 17.7. The van der Waals surface area contributed by atoms with Crippen LogP contribution in [-0.2, 0) is 16.6 Å². The van der Waals surface area contributed by atoms with Crippen molar-refractivity contribution in [1.29, 1.82) is 0 Å². The monoisotopic (exact) mass is 474 g/mol. The van der Waals surface area contributed by atoms with E-state index >= 15 is 0 Å². The van der Waals surface area contributed by atoms with Gasteiger partial charge in [0.2, 0.25) is 10.0 Å². The largest absolute Gasteiger partial charge is 0.423 e. The minimum atomic E-state index is -3.53. The molecule has 170 valence electrons. The quantitative estimate of drug-likeness (QED) is 0.540. The fourth-order valence-corrected chi connectivity index (χ4v) is 5.49. The number of hydrogen-bond donors (Lipinski definition) is 1. The van der Waals surface area contributed by atoms with E-state index in [1.165, 1.54) is 6.07 Å². The number of piperidine rings is 1. The second-order valence-corrected chi connectivity index (χ2v) is 10.8. The van der Waals surface area contributed by atoms with Crippen LogP contribution in [0.15, 0.2) is 56.6 Å². The molecule has 1 aliphatic heterocycles. The van der Waals surface area contributed by atoms with E-state index in [9.17, 15) is 13.2 Å². The summed E-state index contributed by atoms with van der Waals surface area (Å²) in [6.07, 6.45) is 1.92. The first kappa shape index (κ1) is 23.0. The van der Waals surface area contributed by atoms with Crippen LogP contribution in [-0.4, -0.2) is 33.0 Å². The number of rotatable bonds is 6. The van der Waals surface area contributed by atoms with Crippen LogP contribution in [0.3, 0.4) is 0 Å². The Labute approximate surface area is 193 Å². The van der Waals surface area contributed by atoms with Crippen molar-refractivity contribution in [1.82, 2.24) is 9.62 Å². The maximum absolute atomic E-state index is 12.6. The Morgan fingerprint density at radius 3 is 2.66 bits per heavy atom. The van der Waals surface area contributed by atoms with Gasteiger partial charge in [-0.15, -0.1) is 0 Å². The van der Waals surface area contributed by atoms with E-state index in [1.54, 1.807) is 30.3 Å². The number of halogens is 1. The Morgan fingerprint density at radius 2 is 1.91 bits per heavy atom. The van der Waals surface area contributed by atoms with Crippen molar-refractivity contribution in [2.45, 2.75) is 38.1 Å². The number of likely N-dealkylation sites (tertiary alicyclic amines) is 1. The number of fused-ring (bicyclic) bond motifs is 1. The van der Waals surface area contributed by atoms with Crippen LogP contribution in [0.5, 0.6) is 0 Å². The van der Waals surface area contributed by atoms with Gasteiger partial charge in [0.1, 0.15) is 5.58 Å². The van der Waals surface area contributed by atoms with Crippen LogP contribution in [0.4, 0.5) is 0 Å². The van der Waals surface area contributed by atoms with Crippen LogP contribution < -0.4 is 10.3 Å². The van der Waals surface area contributed by atoms with Gasteiger partial charge in [0, 0.05) is 36.1 Å². The van der Waals surface area contributed by atoms with Crippen molar-refractivity contribution in [3.63, 3.8) is 0 Å². The van der Waals surface area contributed by atoms with Gasteiger partial charge in [0.15, 0.2) is 0 Å². The van der Waals surface area contributed by atoms with E-state index in [0.717, 1.165) is 48.0 Å². The molecular weight excluding hydrogens is 448 g/mol. The molecule has 1 unspecified atom stereocenters. The average Bonchev–Trinajstić information content (AvgIpc) is 2.74. The van der Waals surface area contributed by atoms with Gasteiger partial charge >= 0.3 is 5.63 Å². The molecule has 0 aliphatic carbocycles. The van der Waals surface area contributed by atoms with E-state index in [2.05, 4.69) is 9.62 Å². The molecule has 1 aliphatic rings. The first-order chi connectivity index (χ1) is 15.2. The van der Waals surface area contributed by atoms with Crippen LogP contribution in [0.25, 0.3) is 11.0 Å². The SMILES string of the molecule is Cc1ccc(S(=O)(=O)NCC2CCCN(Cc3cc(=O)oc4cc(C)c(Cl)cc34)C2)cc1. The summed E-state index contributed by atoms with van der Waals surface area (Å²) in [6.45, 7) is 6.41. The number of aryl methyl sites for hydroxylation is 2. The highest BCUT2D eigenvalue weighted by Gasteiger charge is 2.23. The summed E-state index contributed by atoms with van der Waals surface area (Å²) in [5.74, 6) is 0.196. The summed E-state index contributed by atoms with van der Waals surface area (Å²) in [5.41, 5.74) is 2.91. The van der Waals surface area contributed by atoms with Crippen molar-refractivity contribution in [2.24, 2.45) is 5.92 Å². The number of nitrogens with one attached hydrogen (secondary N) is 1. The number of benzene rings is 2. The molecule has 2 aromatic carbocycles. The fourth-order valence-electron chi connectivity index (χ4n) is 4.21. The molecule has 0 radical (unpaired) electrons. The standard InChI is InChI=1S/C24H27ClN2O4S/c1-16-5-7-20(8-6-16)32(29,30)26-13-18-4-3-9-27(14-18)15-19-11-24(28)31-23-10-17(2)22(25)12-21(19)23/h5-8,10-12,18,26H,3-4,9,13-15H2,1-2H3. The third kappa shape index (κ3) is 5.23. The minimum absolute atomic E-state index is 0.196. The molecular formula is C24H27ClN2O4S. The lowest BCUT2D eigenvalue weighted by Gasteiger charge is -2.33. The van der Waals surface area contributed by atoms with Crippen molar-refractivity contribution < 1.29 is 12.8 Å². The third-order valence-corrected chi connectivity index (χ3v) is 7.85.